The van der Waals surface area contributed by atoms with Gasteiger partial charge >= 0.3 is 0 Å². The van der Waals surface area contributed by atoms with Crippen molar-refractivity contribution in [2.24, 2.45) is 16.8 Å². The minimum Gasteiger partial charge on any atom is -0.409 e. The Morgan fingerprint density at radius 2 is 2.14 bits per heavy atom. The van der Waals surface area contributed by atoms with Crippen LogP contribution in [0.15, 0.2) is 25.3 Å². The second kappa shape index (κ2) is 6.23. The highest BCUT2D eigenvalue weighted by Crippen LogP contribution is 2.34. The largest absolute Gasteiger partial charge is 0.409 e. The molecule has 118 valence electrons. The number of amidine groups is 1. The summed E-state index contributed by atoms with van der Waals surface area (Å²) in [6.07, 6.45) is 2.70. The second-order valence-electron chi connectivity index (χ2n) is 5.41. The van der Waals surface area contributed by atoms with Gasteiger partial charge in [-0.05, 0) is 59.7 Å². The molecule has 1 fully saturated rings. The van der Waals surface area contributed by atoms with Gasteiger partial charge in [-0.25, -0.2) is 8.42 Å². The van der Waals surface area contributed by atoms with Crippen LogP contribution in [0.2, 0.25) is 0 Å². The van der Waals surface area contributed by atoms with E-state index < -0.39 is 15.6 Å². The van der Waals surface area contributed by atoms with Gasteiger partial charge in [-0.3, -0.25) is 0 Å². The van der Waals surface area contributed by atoms with Crippen molar-refractivity contribution in [2.75, 3.05) is 0 Å². The SMILES string of the molecule is CC1CCC(NS(=O)(=O)c2ccc(Br)s2)(/C(N)=N/O)CC1. The Morgan fingerprint density at radius 1 is 1.52 bits per heavy atom. The molecule has 1 aliphatic carbocycles. The Kier molecular flexibility index (Phi) is 4.96. The zero-order chi connectivity index (χ0) is 15.7. The summed E-state index contributed by atoms with van der Waals surface area (Å²) in [5.74, 6) is 0.429. The van der Waals surface area contributed by atoms with E-state index in [1.165, 1.54) is 6.07 Å². The Morgan fingerprint density at radius 3 is 2.62 bits per heavy atom. The predicted molar refractivity (Wildman–Crippen MR) is 86.1 cm³/mol. The van der Waals surface area contributed by atoms with E-state index in [0.29, 0.717) is 18.8 Å². The molecule has 0 atom stereocenters. The fraction of sp³-hybridized carbons (Fsp3) is 0.583. The van der Waals surface area contributed by atoms with Crippen molar-refractivity contribution >= 4 is 43.1 Å². The van der Waals surface area contributed by atoms with Gasteiger partial charge in [0.2, 0.25) is 0 Å². The molecular formula is C12H18BrN3O3S2. The molecule has 0 unspecified atom stereocenters. The zero-order valence-electron chi connectivity index (χ0n) is 11.5. The van der Waals surface area contributed by atoms with Crippen LogP contribution in [-0.2, 0) is 10.0 Å². The predicted octanol–water partition coefficient (Wildman–Crippen LogP) is 2.48. The molecule has 1 aromatic heterocycles. The fourth-order valence-corrected chi connectivity index (χ4v) is 5.96. The molecule has 1 heterocycles. The van der Waals surface area contributed by atoms with Gasteiger partial charge in [-0.1, -0.05) is 12.1 Å². The summed E-state index contributed by atoms with van der Waals surface area (Å²) in [7, 11) is -3.70. The summed E-state index contributed by atoms with van der Waals surface area (Å²) in [5.41, 5.74) is 4.78. The third-order valence-corrected chi connectivity index (χ3v) is 7.52. The van der Waals surface area contributed by atoms with Gasteiger partial charge in [0.25, 0.3) is 10.0 Å². The Bertz CT molecular complexity index is 634. The molecule has 9 heteroatoms. The molecule has 0 bridgehead atoms. The van der Waals surface area contributed by atoms with Gasteiger partial charge in [-0.2, -0.15) is 4.72 Å². The lowest BCUT2D eigenvalue weighted by Gasteiger charge is -2.38. The first-order valence-electron chi connectivity index (χ1n) is 6.56. The van der Waals surface area contributed by atoms with E-state index in [4.69, 9.17) is 10.9 Å². The van der Waals surface area contributed by atoms with Crippen LogP contribution in [0.25, 0.3) is 0 Å². The first-order valence-corrected chi connectivity index (χ1v) is 9.66. The third-order valence-electron chi connectivity index (χ3n) is 3.87. The minimum absolute atomic E-state index is 0.0754. The molecule has 2 rings (SSSR count). The molecule has 0 aromatic carbocycles. The molecule has 21 heavy (non-hydrogen) atoms. The number of oxime groups is 1. The molecule has 4 N–H and O–H groups in total. The number of nitrogens with zero attached hydrogens (tertiary/aromatic N) is 1. The Balaban J connectivity index is 2.31. The van der Waals surface area contributed by atoms with Crippen molar-refractivity contribution in [2.45, 2.75) is 42.4 Å². The van der Waals surface area contributed by atoms with Crippen molar-refractivity contribution in [3.05, 3.63) is 15.9 Å². The smallest absolute Gasteiger partial charge is 0.251 e. The van der Waals surface area contributed by atoms with Gasteiger partial charge in [0.1, 0.15) is 4.21 Å². The number of halogens is 1. The van der Waals surface area contributed by atoms with Gasteiger partial charge in [-0.15, -0.1) is 11.3 Å². The highest BCUT2D eigenvalue weighted by Gasteiger charge is 2.42. The van der Waals surface area contributed by atoms with Crippen LogP contribution < -0.4 is 10.5 Å². The van der Waals surface area contributed by atoms with Crippen molar-refractivity contribution in [1.82, 2.24) is 4.72 Å². The number of hydrogen-bond acceptors (Lipinski definition) is 5. The number of thiophene rings is 1. The average Bonchev–Trinajstić information content (AvgIpc) is 2.88. The quantitative estimate of drug-likeness (QED) is 0.315. The van der Waals surface area contributed by atoms with E-state index in [-0.39, 0.29) is 10.0 Å². The molecular weight excluding hydrogens is 378 g/mol. The summed E-state index contributed by atoms with van der Waals surface area (Å²) in [6.45, 7) is 2.11. The van der Waals surface area contributed by atoms with E-state index in [2.05, 4.69) is 32.7 Å². The van der Waals surface area contributed by atoms with Crippen LogP contribution in [0.3, 0.4) is 0 Å². The van der Waals surface area contributed by atoms with Crippen LogP contribution in [0.4, 0.5) is 0 Å². The van der Waals surface area contributed by atoms with Gasteiger partial charge in [0.05, 0.1) is 9.33 Å². The normalized spacial score (nSPS) is 27.7. The summed E-state index contributed by atoms with van der Waals surface area (Å²) < 4.78 is 28.6. The molecule has 1 aromatic rings. The van der Waals surface area contributed by atoms with E-state index in [1.54, 1.807) is 6.07 Å². The van der Waals surface area contributed by atoms with E-state index in [1.807, 2.05) is 0 Å². The maximum Gasteiger partial charge on any atom is 0.251 e. The number of nitrogens with one attached hydrogen (secondary N) is 1. The monoisotopic (exact) mass is 395 g/mol. The number of rotatable bonds is 4. The van der Waals surface area contributed by atoms with Crippen LogP contribution in [0.5, 0.6) is 0 Å². The molecule has 1 aliphatic rings. The first-order chi connectivity index (χ1) is 9.79. The maximum absolute atomic E-state index is 12.5. The van der Waals surface area contributed by atoms with Gasteiger partial charge in [0.15, 0.2) is 5.84 Å². The highest BCUT2D eigenvalue weighted by atomic mass is 79.9. The summed E-state index contributed by atoms with van der Waals surface area (Å²) in [5, 5.41) is 12.1. The zero-order valence-corrected chi connectivity index (χ0v) is 14.8. The fourth-order valence-electron chi connectivity index (χ4n) is 2.51. The number of sulfonamides is 1. The second-order valence-corrected chi connectivity index (χ2v) is 9.79. The molecule has 0 aliphatic heterocycles. The van der Waals surface area contributed by atoms with Gasteiger partial charge in [0, 0.05) is 0 Å². The van der Waals surface area contributed by atoms with Crippen LogP contribution in [-0.4, -0.2) is 25.0 Å². The Hall–Kier alpha value is -0.640. The highest BCUT2D eigenvalue weighted by molar-refractivity contribution is 9.11. The summed E-state index contributed by atoms with van der Waals surface area (Å²) in [4.78, 5) is 0. The lowest BCUT2D eigenvalue weighted by molar-refractivity contribution is 0.267. The molecule has 0 spiro atoms. The van der Waals surface area contributed by atoms with E-state index >= 15 is 0 Å². The third kappa shape index (κ3) is 3.58. The molecule has 0 amide bonds. The number of nitrogens with two attached hydrogens (primary N) is 1. The summed E-state index contributed by atoms with van der Waals surface area (Å²) >= 11 is 4.38. The van der Waals surface area contributed by atoms with Crippen molar-refractivity contribution in [3.8, 4) is 0 Å². The molecule has 1 saturated carbocycles. The number of hydrogen-bond donors (Lipinski definition) is 3. The van der Waals surface area contributed by atoms with Crippen LogP contribution in [0, 0.1) is 5.92 Å². The lowest BCUT2D eigenvalue weighted by atomic mass is 9.77. The van der Waals surface area contributed by atoms with Crippen molar-refractivity contribution < 1.29 is 13.6 Å². The molecule has 0 radical (unpaired) electrons. The van der Waals surface area contributed by atoms with Crippen molar-refractivity contribution in [3.63, 3.8) is 0 Å². The minimum atomic E-state index is -3.70. The average molecular weight is 396 g/mol. The Labute approximate surface area is 136 Å². The van der Waals surface area contributed by atoms with E-state index in [0.717, 1.165) is 28.0 Å². The van der Waals surface area contributed by atoms with Crippen LogP contribution in [0.1, 0.15) is 32.6 Å². The van der Waals surface area contributed by atoms with Crippen LogP contribution >= 0.6 is 27.3 Å². The first kappa shape index (κ1) is 16.7. The molecule has 6 nitrogen and oxygen atoms in total. The topological polar surface area (TPSA) is 105 Å². The standard InChI is InChI=1S/C12H18BrN3O3S2/c1-8-4-6-12(7-5-8,11(14)15-17)16-21(18,19)10-3-2-9(13)20-10/h2-3,8,16-17H,4-7H2,1H3,(H2,14,15). The summed E-state index contributed by atoms with van der Waals surface area (Å²) in [6, 6.07) is 3.21. The van der Waals surface area contributed by atoms with Gasteiger partial charge < -0.3 is 10.9 Å². The lowest BCUT2D eigenvalue weighted by Crippen LogP contribution is -2.58. The van der Waals surface area contributed by atoms with E-state index in [9.17, 15) is 8.42 Å². The molecule has 0 saturated heterocycles. The van der Waals surface area contributed by atoms with Crippen molar-refractivity contribution in [1.29, 1.82) is 0 Å². The maximum atomic E-state index is 12.5.